The number of rotatable bonds is 3. The number of hydrogen-bond donors (Lipinski definition) is 1. The minimum atomic E-state index is -0.636. The number of nitrogen functional groups attached to an aromatic ring is 1. The van der Waals surface area contributed by atoms with Crippen LogP contribution < -0.4 is 15.2 Å². The number of methoxy groups -OCH3 is 1. The van der Waals surface area contributed by atoms with Crippen LogP contribution in [0.2, 0.25) is 5.02 Å². The predicted molar refractivity (Wildman–Crippen MR) is 73.6 cm³/mol. The van der Waals surface area contributed by atoms with Crippen LogP contribution in [0.5, 0.6) is 17.2 Å². The summed E-state index contributed by atoms with van der Waals surface area (Å²) < 4.78 is 24.0. The van der Waals surface area contributed by atoms with Crippen LogP contribution in [0.1, 0.15) is 5.56 Å². The molecule has 6 heteroatoms. The van der Waals surface area contributed by atoms with Crippen molar-refractivity contribution in [2.75, 3.05) is 12.8 Å². The molecule has 0 spiro atoms. The van der Waals surface area contributed by atoms with E-state index in [-0.39, 0.29) is 16.5 Å². The van der Waals surface area contributed by atoms with Crippen molar-refractivity contribution < 1.29 is 13.9 Å². The van der Waals surface area contributed by atoms with Crippen LogP contribution in [0.15, 0.2) is 30.3 Å². The lowest BCUT2D eigenvalue weighted by Crippen LogP contribution is -1.96. The molecule has 102 valence electrons. The first-order valence-electron chi connectivity index (χ1n) is 5.55. The Morgan fingerprint density at radius 3 is 2.60 bits per heavy atom. The monoisotopic (exact) mass is 292 g/mol. The summed E-state index contributed by atoms with van der Waals surface area (Å²) in [6, 6.07) is 8.95. The molecule has 0 unspecified atom stereocenters. The molecule has 0 aliphatic rings. The van der Waals surface area contributed by atoms with Crippen molar-refractivity contribution in [2.45, 2.75) is 0 Å². The smallest absolute Gasteiger partial charge is 0.169 e. The molecule has 2 N–H and O–H groups in total. The van der Waals surface area contributed by atoms with Gasteiger partial charge in [-0.1, -0.05) is 11.6 Å². The molecule has 4 nitrogen and oxygen atoms in total. The molecule has 0 aromatic heterocycles. The third kappa shape index (κ3) is 2.76. The lowest BCUT2D eigenvalue weighted by molar-refractivity contribution is 0.378. The first-order chi connectivity index (χ1) is 9.55. The zero-order chi connectivity index (χ0) is 14.7. The fraction of sp³-hybridized carbons (Fsp3) is 0.0714. The quantitative estimate of drug-likeness (QED) is 0.875. The molecule has 0 atom stereocenters. The maximum absolute atomic E-state index is 13.4. The topological polar surface area (TPSA) is 68.3 Å². The summed E-state index contributed by atoms with van der Waals surface area (Å²) in [5.74, 6) is 0.150. The molecule has 0 fully saturated rings. The van der Waals surface area contributed by atoms with Crippen molar-refractivity contribution in [2.24, 2.45) is 0 Å². The molecular weight excluding hydrogens is 283 g/mol. The van der Waals surface area contributed by atoms with Crippen molar-refractivity contribution in [3.8, 4) is 23.3 Å². The number of nitrogens with zero attached hydrogens (tertiary/aromatic N) is 1. The first kappa shape index (κ1) is 14.0. The minimum Gasteiger partial charge on any atom is -0.493 e. The second-order valence-electron chi connectivity index (χ2n) is 3.88. The van der Waals surface area contributed by atoms with Gasteiger partial charge in [-0.3, -0.25) is 0 Å². The second-order valence-corrected chi connectivity index (χ2v) is 4.29. The van der Waals surface area contributed by atoms with Gasteiger partial charge in [-0.15, -0.1) is 0 Å². The molecule has 0 heterocycles. The highest BCUT2D eigenvalue weighted by Crippen LogP contribution is 2.36. The minimum absolute atomic E-state index is 0.0818. The molecule has 0 aliphatic heterocycles. The average Bonchev–Trinajstić information content (AvgIpc) is 2.45. The van der Waals surface area contributed by atoms with Gasteiger partial charge in [0.1, 0.15) is 5.82 Å². The maximum Gasteiger partial charge on any atom is 0.169 e. The van der Waals surface area contributed by atoms with Crippen LogP contribution in [0.3, 0.4) is 0 Å². The highest BCUT2D eigenvalue weighted by molar-refractivity contribution is 6.31. The van der Waals surface area contributed by atoms with E-state index in [1.807, 2.05) is 6.07 Å². The van der Waals surface area contributed by atoms with Gasteiger partial charge in [0.25, 0.3) is 0 Å². The summed E-state index contributed by atoms with van der Waals surface area (Å²) in [6.45, 7) is 0. The molecule has 0 saturated carbocycles. The third-order valence-corrected chi connectivity index (χ3v) is 2.86. The maximum atomic E-state index is 13.4. The molecule has 0 saturated heterocycles. The molecule has 0 bridgehead atoms. The number of halogens is 2. The summed E-state index contributed by atoms with van der Waals surface area (Å²) in [5, 5.41) is 8.74. The summed E-state index contributed by atoms with van der Waals surface area (Å²) >= 11 is 5.62. The van der Waals surface area contributed by atoms with Gasteiger partial charge < -0.3 is 15.2 Å². The van der Waals surface area contributed by atoms with E-state index in [0.29, 0.717) is 17.1 Å². The molecule has 0 radical (unpaired) electrons. The summed E-state index contributed by atoms with van der Waals surface area (Å²) in [6.07, 6.45) is 0. The molecule has 2 rings (SSSR count). The average molecular weight is 293 g/mol. The Kier molecular flexibility index (Phi) is 3.97. The molecule has 0 amide bonds. The summed E-state index contributed by atoms with van der Waals surface area (Å²) in [4.78, 5) is 0. The van der Waals surface area contributed by atoms with Gasteiger partial charge in [-0.2, -0.15) is 5.26 Å². The van der Waals surface area contributed by atoms with E-state index in [1.54, 1.807) is 12.1 Å². The van der Waals surface area contributed by atoms with Crippen molar-refractivity contribution >= 4 is 17.3 Å². The number of nitrogens with two attached hydrogens (primary N) is 1. The van der Waals surface area contributed by atoms with E-state index in [2.05, 4.69) is 0 Å². The van der Waals surface area contributed by atoms with Crippen molar-refractivity contribution in [3.63, 3.8) is 0 Å². The van der Waals surface area contributed by atoms with Gasteiger partial charge in [0, 0.05) is 12.1 Å². The van der Waals surface area contributed by atoms with Gasteiger partial charge in [-0.05, 0) is 18.2 Å². The van der Waals surface area contributed by atoms with Gasteiger partial charge in [0.05, 0.1) is 29.5 Å². The SMILES string of the molecule is COc1cc(C#N)ccc1Oc1cc(F)c(Cl)cc1N. The van der Waals surface area contributed by atoms with E-state index in [4.69, 9.17) is 32.1 Å². The van der Waals surface area contributed by atoms with E-state index in [9.17, 15) is 4.39 Å². The number of hydrogen-bond acceptors (Lipinski definition) is 4. The largest absolute Gasteiger partial charge is 0.493 e. The Hall–Kier alpha value is -2.45. The Bertz CT molecular complexity index is 698. The highest BCUT2D eigenvalue weighted by atomic mass is 35.5. The van der Waals surface area contributed by atoms with E-state index < -0.39 is 5.82 Å². The Morgan fingerprint density at radius 1 is 1.20 bits per heavy atom. The number of benzene rings is 2. The van der Waals surface area contributed by atoms with E-state index in [0.717, 1.165) is 6.07 Å². The van der Waals surface area contributed by atoms with Crippen molar-refractivity contribution in [1.29, 1.82) is 5.26 Å². The van der Waals surface area contributed by atoms with Gasteiger partial charge in [-0.25, -0.2) is 4.39 Å². The van der Waals surface area contributed by atoms with Crippen LogP contribution in [0, 0.1) is 17.1 Å². The van der Waals surface area contributed by atoms with Gasteiger partial charge >= 0.3 is 0 Å². The fourth-order valence-electron chi connectivity index (χ4n) is 1.57. The summed E-state index contributed by atoms with van der Waals surface area (Å²) in [7, 11) is 1.44. The van der Waals surface area contributed by atoms with Crippen LogP contribution in [-0.2, 0) is 0 Å². The normalized spacial score (nSPS) is 9.90. The number of ether oxygens (including phenoxy) is 2. The van der Waals surface area contributed by atoms with Gasteiger partial charge in [0.15, 0.2) is 17.2 Å². The lowest BCUT2D eigenvalue weighted by Gasteiger charge is -2.12. The molecule has 0 aliphatic carbocycles. The van der Waals surface area contributed by atoms with Crippen LogP contribution in [0.25, 0.3) is 0 Å². The van der Waals surface area contributed by atoms with E-state index >= 15 is 0 Å². The molecule has 2 aromatic carbocycles. The highest BCUT2D eigenvalue weighted by Gasteiger charge is 2.12. The Balaban J connectivity index is 2.40. The number of anilines is 1. The van der Waals surface area contributed by atoms with Crippen molar-refractivity contribution in [3.05, 3.63) is 46.7 Å². The van der Waals surface area contributed by atoms with Gasteiger partial charge in [0.2, 0.25) is 0 Å². The van der Waals surface area contributed by atoms with Crippen LogP contribution in [0.4, 0.5) is 10.1 Å². The zero-order valence-corrected chi connectivity index (χ0v) is 11.2. The van der Waals surface area contributed by atoms with Crippen molar-refractivity contribution in [1.82, 2.24) is 0 Å². The molecular formula is C14H10ClFN2O2. The fourth-order valence-corrected chi connectivity index (χ4v) is 1.74. The second kappa shape index (κ2) is 5.68. The molecule has 2 aromatic rings. The molecule has 20 heavy (non-hydrogen) atoms. The first-order valence-corrected chi connectivity index (χ1v) is 5.93. The number of nitriles is 1. The Labute approximate surface area is 120 Å². The van der Waals surface area contributed by atoms with Crippen LogP contribution >= 0.6 is 11.6 Å². The predicted octanol–water partition coefficient (Wildman–Crippen LogP) is 3.73. The van der Waals surface area contributed by atoms with E-state index in [1.165, 1.54) is 19.2 Å². The third-order valence-electron chi connectivity index (χ3n) is 2.57. The lowest BCUT2D eigenvalue weighted by atomic mass is 10.2. The standard InChI is InChI=1S/C14H10ClFN2O2/c1-19-14-4-8(7-17)2-3-12(14)20-13-6-10(16)9(15)5-11(13)18/h2-6H,18H2,1H3. The Morgan fingerprint density at radius 2 is 1.95 bits per heavy atom. The summed E-state index contributed by atoms with van der Waals surface area (Å²) in [5.41, 5.74) is 6.33. The zero-order valence-electron chi connectivity index (χ0n) is 10.5. The van der Waals surface area contributed by atoms with Crippen LogP contribution in [-0.4, -0.2) is 7.11 Å².